The van der Waals surface area contributed by atoms with Gasteiger partial charge in [-0.1, -0.05) is 17.7 Å². The van der Waals surface area contributed by atoms with E-state index in [-0.39, 0.29) is 0 Å². The Morgan fingerprint density at radius 2 is 2.11 bits per heavy atom. The number of ether oxygens (including phenoxy) is 1. The predicted octanol–water partition coefficient (Wildman–Crippen LogP) is 3.00. The summed E-state index contributed by atoms with van der Waals surface area (Å²) in [5.74, 6) is 1.12. The first-order chi connectivity index (χ1) is 8.60. The molecule has 0 atom stereocenters. The van der Waals surface area contributed by atoms with E-state index >= 15 is 0 Å². The highest BCUT2D eigenvalue weighted by Gasteiger charge is 2.07. The van der Waals surface area contributed by atoms with Gasteiger partial charge in [-0.05, 0) is 31.5 Å². The Morgan fingerprint density at radius 3 is 2.78 bits per heavy atom. The Balaban J connectivity index is 2.28. The molecule has 0 saturated heterocycles. The van der Waals surface area contributed by atoms with Crippen LogP contribution in [0.1, 0.15) is 17.0 Å². The molecule has 0 spiro atoms. The minimum atomic E-state index is 0.405. The van der Waals surface area contributed by atoms with Crippen molar-refractivity contribution >= 4 is 11.6 Å². The molecular formula is C13H14ClN3O. The van der Waals surface area contributed by atoms with E-state index in [0.717, 1.165) is 17.0 Å². The van der Waals surface area contributed by atoms with Crippen molar-refractivity contribution in [2.24, 2.45) is 5.73 Å². The first-order valence-corrected chi connectivity index (χ1v) is 5.94. The van der Waals surface area contributed by atoms with Crippen LogP contribution in [0.2, 0.25) is 5.02 Å². The first kappa shape index (κ1) is 12.8. The molecule has 0 fully saturated rings. The Kier molecular flexibility index (Phi) is 3.79. The van der Waals surface area contributed by atoms with Gasteiger partial charge in [0.05, 0.1) is 11.4 Å². The summed E-state index contributed by atoms with van der Waals surface area (Å²) in [6, 6.07) is 5.39. The van der Waals surface area contributed by atoms with Crippen LogP contribution in [0.15, 0.2) is 24.4 Å². The quantitative estimate of drug-likeness (QED) is 0.925. The van der Waals surface area contributed by atoms with Crippen LogP contribution in [0.4, 0.5) is 0 Å². The van der Waals surface area contributed by atoms with E-state index in [1.54, 1.807) is 12.3 Å². The molecule has 5 heteroatoms. The maximum Gasteiger partial charge on any atom is 0.241 e. The van der Waals surface area contributed by atoms with Gasteiger partial charge in [0.1, 0.15) is 5.75 Å². The van der Waals surface area contributed by atoms with Gasteiger partial charge < -0.3 is 10.5 Å². The summed E-state index contributed by atoms with van der Waals surface area (Å²) in [6.07, 6.45) is 1.70. The van der Waals surface area contributed by atoms with Gasteiger partial charge in [0.25, 0.3) is 0 Å². The van der Waals surface area contributed by atoms with Crippen LogP contribution in [-0.4, -0.2) is 9.97 Å². The Bertz CT molecular complexity index is 572. The van der Waals surface area contributed by atoms with Gasteiger partial charge in [-0.25, -0.2) is 4.98 Å². The molecule has 2 aromatic rings. The number of aromatic nitrogens is 2. The number of nitrogens with two attached hydrogens (primary N) is 1. The minimum Gasteiger partial charge on any atom is -0.437 e. The van der Waals surface area contributed by atoms with Crippen molar-refractivity contribution in [1.82, 2.24) is 9.97 Å². The van der Waals surface area contributed by atoms with E-state index in [0.29, 0.717) is 23.2 Å². The van der Waals surface area contributed by atoms with Gasteiger partial charge in [0, 0.05) is 17.8 Å². The molecule has 18 heavy (non-hydrogen) atoms. The number of benzene rings is 1. The number of hydrogen-bond acceptors (Lipinski definition) is 4. The summed E-state index contributed by atoms with van der Waals surface area (Å²) >= 11 is 6.07. The van der Waals surface area contributed by atoms with Crippen LogP contribution in [0.5, 0.6) is 11.6 Å². The monoisotopic (exact) mass is 263 g/mol. The largest absolute Gasteiger partial charge is 0.437 e. The van der Waals surface area contributed by atoms with Crippen molar-refractivity contribution in [3.63, 3.8) is 0 Å². The maximum atomic E-state index is 6.07. The minimum absolute atomic E-state index is 0.405. The smallest absolute Gasteiger partial charge is 0.241 e. The van der Waals surface area contributed by atoms with E-state index in [1.165, 1.54) is 0 Å². The van der Waals surface area contributed by atoms with Gasteiger partial charge in [-0.2, -0.15) is 0 Å². The van der Waals surface area contributed by atoms with E-state index in [1.807, 2.05) is 26.0 Å². The molecule has 1 aromatic heterocycles. The summed E-state index contributed by atoms with van der Waals surface area (Å²) in [5, 5.41) is 0.591. The third kappa shape index (κ3) is 2.78. The molecule has 1 heterocycles. The number of rotatable bonds is 3. The summed E-state index contributed by atoms with van der Waals surface area (Å²) in [4.78, 5) is 8.48. The molecule has 4 nitrogen and oxygen atoms in total. The molecule has 0 amide bonds. The number of halogens is 1. The summed E-state index contributed by atoms with van der Waals surface area (Å²) < 4.78 is 5.67. The Labute approximate surface area is 111 Å². The van der Waals surface area contributed by atoms with Crippen molar-refractivity contribution in [2.75, 3.05) is 0 Å². The standard InChI is InChI=1S/C13H14ClN3O/c1-8-7-16-9(2)13(17-8)18-11-4-3-10(6-15)12(14)5-11/h3-5,7H,6,15H2,1-2H3. The van der Waals surface area contributed by atoms with E-state index in [9.17, 15) is 0 Å². The third-order valence-corrected chi connectivity index (χ3v) is 2.84. The SMILES string of the molecule is Cc1cnc(C)c(Oc2ccc(CN)c(Cl)c2)n1. The van der Waals surface area contributed by atoms with Crippen LogP contribution in [0.3, 0.4) is 0 Å². The lowest BCUT2D eigenvalue weighted by Gasteiger charge is -2.09. The fraction of sp³-hybridized carbons (Fsp3) is 0.231. The van der Waals surface area contributed by atoms with Gasteiger partial charge in [-0.3, -0.25) is 4.98 Å². The normalized spacial score (nSPS) is 10.4. The predicted molar refractivity (Wildman–Crippen MR) is 70.9 cm³/mol. The van der Waals surface area contributed by atoms with Gasteiger partial charge >= 0.3 is 0 Å². The lowest BCUT2D eigenvalue weighted by Crippen LogP contribution is -1.98. The van der Waals surface area contributed by atoms with Crippen LogP contribution in [0.25, 0.3) is 0 Å². The molecule has 94 valence electrons. The van der Waals surface area contributed by atoms with Crippen LogP contribution < -0.4 is 10.5 Å². The number of nitrogens with zero attached hydrogens (tertiary/aromatic N) is 2. The van der Waals surface area contributed by atoms with Crippen molar-refractivity contribution in [1.29, 1.82) is 0 Å². The van der Waals surface area contributed by atoms with E-state index in [2.05, 4.69) is 9.97 Å². The highest BCUT2D eigenvalue weighted by Crippen LogP contribution is 2.26. The average molecular weight is 264 g/mol. The van der Waals surface area contributed by atoms with Crippen LogP contribution in [-0.2, 0) is 6.54 Å². The number of aryl methyl sites for hydroxylation is 2. The van der Waals surface area contributed by atoms with E-state index in [4.69, 9.17) is 22.1 Å². The molecular weight excluding hydrogens is 250 g/mol. The topological polar surface area (TPSA) is 61.0 Å². The first-order valence-electron chi connectivity index (χ1n) is 5.56. The molecule has 2 N–H and O–H groups in total. The highest BCUT2D eigenvalue weighted by atomic mass is 35.5. The van der Waals surface area contributed by atoms with Crippen LogP contribution in [0, 0.1) is 13.8 Å². The van der Waals surface area contributed by atoms with Gasteiger partial charge in [0.15, 0.2) is 0 Å². The molecule has 0 unspecified atom stereocenters. The van der Waals surface area contributed by atoms with Gasteiger partial charge in [0.2, 0.25) is 5.88 Å². The van der Waals surface area contributed by atoms with Crippen molar-refractivity contribution in [2.45, 2.75) is 20.4 Å². The average Bonchev–Trinajstić information content (AvgIpc) is 2.34. The van der Waals surface area contributed by atoms with Crippen molar-refractivity contribution in [3.05, 3.63) is 46.4 Å². The highest BCUT2D eigenvalue weighted by molar-refractivity contribution is 6.31. The van der Waals surface area contributed by atoms with Gasteiger partial charge in [-0.15, -0.1) is 0 Å². The molecule has 0 aliphatic heterocycles. The Morgan fingerprint density at radius 1 is 1.33 bits per heavy atom. The second-order valence-corrected chi connectivity index (χ2v) is 4.37. The number of hydrogen-bond donors (Lipinski definition) is 1. The summed E-state index contributed by atoms with van der Waals surface area (Å²) in [7, 11) is 0. The van der Waals surface area contributed by atoms with E-state index < -0.39 is 0 Å². The lowest BCUT2D eigenvalue weighted by atomic mass is 10.2. The Hall–Kier alpha value is -1.65. The zero-order valence-electron chi connectivity index (χ0n) is 10.3. The molecule has 0 aliphatic rings. The second-order valence-electron chi connectivity index (χ2n) is 3.96. The molecule has 0 radical (unpaired) electrons. The van der Waals surface area contributed by atoms with Crippen molar-refractivity contribution in [3.8, 4) is 11.6 Å². The molecule has 1 aromatic carbocycles. The molecule has 0 aliphatic carbocycles. The lowest BCUT2D eigenvalue weighted by molar-refractivity contribution is 0.453. The fourth-order valence-corrected chi connectivity index (χ4v) is 1.73. The zero-order chi connectivity index (χ0) is 13.1. The fourth-order valence-electron chi connectivity index (χ4n) is 1.48. The maximum absolute atomic E-state index is 6.07. The zero-order valence-corrected chi connectivity index (χ0v) is 11.0. The summed E-state index contributed by atoms with van der Waals surface area (Å²) in [5.41, 5.74) is 7.98. The van der Waals surface area contributed by atoms with Crippen molar-refractivity contribution < 1.29 is 4.74 Å². The molecule has 0 bridgehead atoms. The third-order valence-electron chi connectivity index (χ3n) is 2.49. The molecule has 2 rings (SSSR count). The van der Waals surface area contributed by atoms with Crippen LogP contribution >= 0.6 is 11.6 Å². The molecule has 0 saturated carbocycles. The second kappa shape index (κ2) is 5.33. The summed E-state index contributed by atoms with van der Waals surface area (Å²) in [6.45, 7) is 4.11.